The maximum atomic E-state index is 12.7. The fourth-order valence-corrected chi connectivity index (χ4v) is 2.59. The first kappa shape index (κ1) is 20.7. The van der Waals surface area contributed by atoms with Crippen LogP contribution in [-0.4, -0.2) is 18.5 Å². The van der Waals surface area contributed by atoms with Crippen molar-refractivity contribution in [2.24, 2.45) is 0 Å². The van der Waals surface area contributed by atoms with Crippen molar-refractivity contribution in [2.45, 2.75) is 6.18 Å². The summed E-state index contributed by atoms with van der Waals surface area (Å²) in [4.78, 5) is 23.8. The second kappa shape index (κ2) is 8.53. The van der Waals surface area contributed by atoms with Crippen molar-refractivity contribution in [1.82, 2.24) is 0 Å². The zero-order chi connectivity index (χ0) is 21.7. The third-order valence-electron chi connectivity index (χ3n) is 3.93. The van der Waals surface area contributed by atoms with Gasteiger partial charge >= 0.3 is 12.1 Å². The summed E-state index contributed by atoms with van der Waals surface area (Å²) in [6.07, 6.45) is -2.44. The number of para-hydroxylation sites is 1. The number of hydrogen-bond acceptors (Lipinski definition) is 5. The van der Waals surface area contributed by atoms with E-state index in [0.717, 1.165) is 24.3 Å². The van der Waals surface area contributed by atoms with Crippen molar-refractivity contribution in [2.75, 3.05) is 11.9 Å². The van der Waals surface area contributed by atoms with Crippen LogP contribution in [0.4, 0.5) is 18.9 Å². The predicted octanol–water partition coefficient (Wildman–Crippen LogP) is 4.52. The van der Waals surface area contributed by atoms with Gasteiger partial charge in [0.15, 0.2) is 6.61 Å². The highest BCUT2D eigenvalue weighted by Crippen LogP contribution is 2.30. The van der Waals surface area contributed by atoms with Gasteiger partial charge in [-0.2, -0.15) is 18.4 Å². The molecule has 0 spiro atoms. The second-order valence-electron chi connectivity index (χ2n) is 6.03. The highest BCUT2D eigenvalue weighted by molar-refractivity contribution is 6.03. The van der Waals surface area contributed by atoms with E-state index in [4.69, 9.17) is 14.4 Å². The minimum Gasteiger partial charge on any atom is -0.452 e. The molecule has 0 radical (unpaired) electrons. The molecule has 0 aliphatic heterocycles. The number of amides is 1. The number of carbonyl (C=O) groups is 2. The van der Waals surface area contributed by atoms with Gasteiger partial charge in [0.25, 0.3) is 5.91 Å². The Balaban J connectivity index is 1.60. The second-order valence-corrected chi connectivity index (χ2v) is 6.03. The first-order chi connectivity index (χ1) is 14.3. The summed E-state index contributed by atoms with van der Waals surface area (Å²) >= 11 is 0. The summed E-state index contributed by atoms with van der Waals surface area (Å²) in [6, 6.07) is 12.9. The van der Waals surface area contributed by atoms with Crippen LogP contribution in [0.5, 0.6) is 0 Å². The summed E-state index contributed by atoms with van der Waals surface area (Å²) in [6.45, 7) is -0.657. The number of rotatable bonds is 5. The number of esters is 1. The molecule has 9 heteroatoms. The molecule has 3 rings (SSSR count). The molecule has 1 heterocycles. The highest BCUT2D eigenvalue weighted by atomic mass is 19.4. The molecule has 152 valence electrons. The standard InChI is InChI=1S/C21H13F3N2O4/c22-21(23,24)14-5-3-4-13(10-14)8-9-19(28)29-12-18(27)26-20-15-6-1-2-7-16(15)30-17(20)11-25/h1-10H,12H2,(H,26,27)/b9-8+. The minimum absolute atomic E-state index is 0.0969. The summed E-state index contributed by atoms with van der Waals surface area (Å²) < 4.78 is 48.2. The number of ether oxygens (including phenoxy) is 1. The van der Waals surface area contributed by atoms with Gasteiger partial charge in [-0.3, -0.25) is 4.79 Å². The number of alkyl halides is 3. The Morgan fingerprint density at radius 2 is 1.93 bits per heavy atom. The molecular formula is C21H13F3N2O4. The number of anilines is 1. The quantitative estimate of drug-likeness (QED) is 0.490. The predicted molar refractivity (Wildman–Crippen MR) is 101 cm³/mol. The fourth-order valence-electron chi connectivity index (χ4n) is 2.59. The van der Waals surface area contributed by atoms with Crippen molar-refractivity contribution >= 4 is 34.6 Å². The lowest BCUT2D eigenvalue weighted by Gasteiger charge is -2.06. The molecule has 0 bridgehead atoms. The zero-order valence-electron chi connectivity index (χ0n) is 15.2. The van der Waals surface area contributed by atoms with Gasteiger partial charge in [-0.05, 0) is 35.9 Å². The molecule has 0 unspecified atom stereocenters. The van der Waals surface area contributed by atoms with Gasteiger partial charge in [0.2, 0.25) is 5.76 Å². The summed E-state index contributed by atoms with van der Waals surface area (Å²) in [7, 11) is 0. The van der Waals surface area contributed by atoms with Gasteiger partial charge in [0.05, 0.1) is 5.56 Å². The average molecular weight is 414 g/mol. The zero-order valence-corrected chi connectivity index (χ0v) is 15.2. The van der Waals surface area contributed by atoms with E-state index in [9.17, 15) is 22.8 Å². The highest BCUT2D eigenvalue weighted by Gasteiger charge is 2.30. The van der Waals surface area contributed by atoms with Gasteiger partial charge in [-0.1, -0.05) is 24.3 Å². The summed E-state index contributed by atoms with van der Waals surface area (Å²) in [5.74, 6) is -1.72. The van der Waals surface area contributed by atoms with Crippen LogP contribution in [0.3, 0.4) is 0 Å². The number of hydrogen-bond donors (Lipinski definition) is 1. The molecule has 6 nitrogen and oxygen atoms in total. The maximum Gasteiger partial charge on any atom is 0.416 e. The normalized spacial score (nSPS) is 11.4. The van der Waals surface area contributed by atoms with E-state index in [-0.39, 0.29) is 17.0 Å². The van der Waals surface area contributed by atoms with Crippen LogP contribution in [0, 0.1) is 11.3 Å². The van der Waals surface area contributed by atoms with E-state index in [1.807, 2.05) is 6.07 Å². The van der Waals surface area contributed by atoms with Gasteiger partial charge in [0, 0.05) is 11.5 Å². The van der Waals surface area contributed by atoms with Gasteiger partial charge in [-0.25, -0.2) is 4.79 Å². The van der Waals surface area contributed by atoms with Gasteiger partial charge < -0.3 is 14.5 Å². The lowest BCUT2D eigenvalue weighted by atomic mass is 10.1. The topological polar surface area (TPSA) is 92.3 Å². The van der Waals surface area contributed by atoms with Gasteiger partial charge in [-0.15, -0.1) is 0 Å². The van der Waals surface area contributed by atoms with Crippen LogP contribution in [0.25, 0.3) is 17.0 Å². The average Bonchev–Trinajstić information content (AvgIpc) is 3.08. The molecule has 1 N–H and O–H groups in total. The SMILES string of the molecule is N#Cc1oc2ccccc2c1NC(=O)COC(=O)/C=C/c1cccc(C(F)(F)F)c1. The minimum atomic E-state index is -4.50. The van der Waals surface area contributed by atoms with E-state index < -0.39 is 30.2 Å². The molecule has 0 saturated carbocycles. The summed E-state index contributed by atoms with van der Waals surface area (Å²) in [5.41, 5.74) is -0.133. The van der Waals surface area contributed by atoms with Crippen molar-refractivity contribution in [1.29, 1.82) is 5.26 Å². The van der Waals surface area contributed by atoms with Crippen molar-refractivity contribution < 1.29 is 31.9 Å². The number of fused-ring (bicyclic) bond motifs is 1. The third kappa shape index (κ3) is 4.86. The first-order valence-corrected chi connectivity index (χ1v) is 8.51. The molecule has 0 atom stereocenters. The lowest BCUT2D eigenvalue weighted by molar-refractivity contribution is -0.142. The van der Waals surface area contributed by atoms with Crippen LogP contribution in [-0.2, 0) is 20.5 Å². The van der Waals surface area contributed by atoms with E-state index in [2.05, 4.69) is 5.32 Å². The molecular weight excluding hydrogens is 401 g/mol. The van der Waals surface area contributed by atoms with Crippen LogP contribution < -0.4 is 5.32 Å². The molecule has 0 aliphatic rings. The Bertz CT molecular complexity index is 1170. The number of benzene rings is 2. The van der Waals surface area contributed by atoms with E-state index >= 15 is 0 Å². The molecule has 1 aromatic heterocycles. The van der Waals surface area contributed by atoms with Crippen LogP contribution in [0.1, 0.15) is 16.9 Å². The molecule has 30 heavy (non-hydrogen) atoms. The smallest absolute Gasteiger partial charge is 0.416 e. The number of furan rings is 1. The number of nitriles is 1. The Hall–Kier alpha value is -4.06. The summed E-state index contributed by atoms with van der Waals surface area (Å²) in [5, 5.41) is 12.1. The Kier molecular flexibility index (Phi) is 5.88. The lowest BCUT2D eigenvalue weighted by Crippen LogP contribution is -2.20. The monoisotopic (exact) mass is 414 g/mol. The van der Waals surface area contributed by atoms with Crippen molar-refractivity contribution in [3.05, 3.63) is 71.5 Å². The Labute approximate surface area is 168 Å². The number of nitrogens with one attached hydrogen (secondary N) is 1. The third-order valence-corrected chi connectivity index (χ3v) is 3.93. The number of nitrogens with zero attached hydrogens (tertiary/aromatic N) is 1. The van der Waals surface area contributed by atoms with Crippen molar-refractivity contribution in [3.8, 4) is 6.07 Å². The van der Waals surface area contributed by atoms with E-state index in [1.165, 1.54) is 12.1 Å². The van der Waals surface area contributed by atoms with E-state index in [1.54, 1.807) is 24.3 Å². The first-order valence-electron chi connectivity index (χ1n) is 8.51. The largest absolute Gasteiger partial charge is 0.452 e. The number of carbonyl (C=O) groups excluding carboxylic acids is 2. The molecule has 1 amide bonds. The van der Waals surface area contributed by atoms with Gasteiger partial charge in [0.1, 0.15) is 17.3 Å². The molecule has 3 aromatic rings. The molecule has 0 fully saturated rings. The Morgan fingerprint density at radius 3 is 2.67 bits per heavy atom. The molecule has 0 saturated heterocycles. The molecule has 0 aliphatic carbocycles. The Morgan fingerprint density at radius 1 is 1.17 bits per heavy atom. The molecule has 2 aromatic carbocycles. The van der Waals surface area contributed by atoms with Crippen LogP contribution in [0.15, 0.2) is 59.0 Å². The van der Waals surface area contributed by atoms with Crippen LogP contribution in [0.2, 0.25) is 0 Å². The van der Waals surface area contributed by atoms with E-state index in [0.29, 0.717) is 11.0 Å². The maximum absolute atomic E-state index is 12.7. The number of halogens is 3. The van der Waals surface area contributed by atoms with Crippen LogP contribution >= 0.6 is 0 Å². The van der Waals surface area contributed by atoms with Crippen molar-refractivity contribution in [3.63, 3.8) is 0 Å². The fraction of sp³-hybridized carbons (Fsp3) is 0.0952.